The molecular weight excluding hydrogens is 751 g/mol. The van der Waals surface area contributed by atoms with E-state index in [1.54, 1.807) is 0 Å². The molecule has 3 aliphatic rings. The number of rotatable bonds is 4. The van der Waals surface area contributed by atoms with Gasteiger partial charge in [0, 0.05) is 16.7 Å². The minimum absolute atomic E-state index is 0.497. The monoisotopic (exact) mass is 787 g/mol. The number of nitrogens with zero attached hydrogens (tertiary/aromatic N) is 3. The summed E-state index contributed by atoms with van der Waals surface area (Å²) in [4.78, 5) is 15.9. The zero-order valence-corrected chi connectivity index (χ0v) is 33.7. The second-order valence-corrected chi connectivity index (χ2v) is 16.6. The lowest BCUT2D eigenvalue weighted by Crippen LogP contribution is -2.43. The van der Waals surface area contributed by atoms with Gasteiger partial charge in [-0.2, -0.15) is 0 Å². The SMILES string of the molecule is c1ccc(-c2cccc(-c3nc(-c4ccccc4)nc(-c4cccc5c4-c4ccccc4C54c5ccccc5C5(c6ccccc6-c6ccccc65)c5ccccc54)n3)c2)cc1. The standard InChI is InChI=1S/C59H37N3/c1-3-19-38(20-4-1)40-23-17-24-41(37-40)56-60-55(39-21-5-2-6-22-39)61-57(62-56)45-28-18-36-53-54(45)44-27-9-12-31-48(44)59(53)51-34-15-13-32-49(51)58(50-33-14-16-35-52(50)59)46-29-10-7-25-42(46)43-26-8-11-30-47(43)58/h1-37H. The third-order valence-corrected chi connectivity index (χ3v) is 13.6. The molecule has 9 aromatic carbocycles. The van der Waals surface area contributed by atoms with E-state index < -0.39 is 10.8 Å². The van der Waals surface area contributed by atoms with E-state index in [1.165, 1.54) is 61.2 Å². The Balaban J connectivity index is 1.10. The Morgan fingerprint density at radius 3 is 1.16 bits per heavy atom. The quantitative estimate of drug-likeness (QED) is 0.178. The Morgan fingerprint density at radius 1 is 0.226 bits per heavy atom. The Kier molecular flexibility index (Phi) is 7.44. The van der Waals surface area contributed by atoms with Crippen molar-refractivity contribution in [1.29, 1.82) is 0 Å². The number of benzene rings is 9. The van der Waals surface area contributed by atoms with E-state index in [4.69, 9.17) is 15.0 Å². The van der Waals surface area contributed by atoms with Crippen LogP contribution in [0.2, 0.25) is 0 Å². The highest BCUT2D eigenvalue weighted by Crippen LogP contribution is 2.67. The first-order valence-corrected chi connectivity index (χ1v) is 21.4. The highest BCUT2D eigenvalue weighted by Gasteiger charge is 2.59. The summed E-state index contributed by atoms with van der Waals surface area (Å²) in [5, 5.41) is 0. The Labute approximate surface area is 360 Å². The van der Waals surface area contributed by atoms with Gasteiger partial charge in [0.05, 0.1) is 10.8 Å². The molecule has 0 radical (unpaired) electrons. The molecule has 0 amide bonds. The first kappa shape index (κ1) is 34.8. The predicted octanol–water partition coefficient (Wildman–Crippen LogP) is 13.6. The average Bonchev–Trinajstić information content (AvgIpc) is 3.82. The van der Waals surface area contributed by atoms with Gasteiger partial charge in [0.1, 0.15) is 0 Å². The maximum Gasteiger partial charge on any atom is 0.164 e. The fourth-order valence-electron chi connectivity index (χ4n) is 11.3. The molecule has 13 rings (SSSR count). The van der Waals surface area contributed by atoms with Crippen molar-refractivity contribution >= 4 is 0 Å². The minimum Gasteiger partial charge on any atom is -0.208 e. The molecule has 62 heavy (non-hydrogen) atoms. The summed E-state index contributed by atoms with van der Waals surface area (Å²) in [6, 6.07) is 81.6. The lowest BCUT2D eigenvalue weighted by molar-refractivity contribution is 0.633. The smallest absolute Gasteiger partial charge is 0.164 e. The fraction of sp³-hybridized carbons (Fsp3) is 0.0339. The first-order valence-electron chi connectivity index (χ1n) is 21.4. The van der Waals surface area contributed by atoms with Crippen molar-refractivity contribution in [3.8, 4) is 67.5 Å². The van der Waals surface area contributed by atoms with Crippen molar-refractivity contribution in [3.63, 3.8) is 0 Å². The third-order valence-electron chi connectivity index (χ3n) is 13.6. The molecule has 0 saturated carbocycles. The molecule has 0 fully saturated rings. The van der Waals surface area contributed by atoms with Crippen LogP contribution in [0.5, 0.6) is 0 Å². The molecule has 288 valence electrons. The van der Waals surface area contributed by atoms with Gasteiger partial charge >= 0.3 is 0 Å². The maximum absolute atomic E-state index is 5.39. The molecule has 1 heterocycles. The van der Waals surface area contributed by atoms with Crippen molar-refractivity contribution in [2.24, 2.45) is 0 Å². The van der Waals surface area contributed by atoms with E-state index in [9.17, 15) is 0 Å². The average molecular weight is 788 g/mol. The van der Waals surface area contributed by atoms with E-state index in [0.29, 0.717) is 17.5 Å². The summed E-state index contributed by atoms with van der Waals surface area (Å²) < 4.78 is 0. The summed E-state index contributed by atoms with van der Waals surface area (Å²) in [6.45, 7) is 0. The van der Waals surface area contributed by atoms with Crippen LogP contribution in [0.3, 0.4) is 0 Å². The topological polar surface area (TPSA) is 38.7 Å². The second kappa shape index (κ2) is 13.2. The van der Waals surface area contributed by atoms with Gasteiger partial charge in [-0.05, 0) is 84.0 Å². The van der Waals surface area contributed by atoms with E-state index in [2.05, 4.69) is 200 Å². The molecule has 3 aliphatic carbocycles. The summed E-state index contributed by atoms with van der Waals surface area (Å²) in [6.07, 6.45) is 0. The minimum atomic E-state index is -0.616. The van der Waals surface area contributed by atoms with Gasteiger partial charge in [-0.1, -0.05) is 218 Å². The van der Waals surface area contributed by atoms with Gasteiger partial charge < -0.3 is 0 Å². The van der Waals surface area contributed by atoms with Gasteiger partial charge in [0.2, 0.25) is 0 Å². The van der Waals surface area contributed by atoms with Gasteiger partial charge in [-0.15, -0.1) is 0 Å². The molecule has 10 aromatic rings. The number of hydrogen-bond acceptors (Lipinski definition) is 3. The summed E-state index contributed by atoms with van der Waals surface area (Å²) in [5.41, 5.74) is 19.4. The lowest BCUT2D eigenvalue weighted by Gasteiger charge is -2.48. The van der Waals surface area contributed by atoms with E-state index in [1.807, 2.05) is 24.3 Å². The van der Waals surface area contributed by atoms with Crippen LogP contribution in [0.1, 0.15) is 44.5 Å². The molecule has 0 unspecified atom stereocenters. The third kappa shape index (κ3) is 4.62. The van der Waals surface area contributed by atoms with Crippen molar-refractivity contribution in [2.75, 3.05) is 0 Å². The van der Waals surface area contributed by atoms with Crippen LogP contribution in [0.25, 0.3) is 67.5 Å². The molecule has 0 bridgehead atoms. The fourth-order valence-corrected chi connectivity index (χ4v) is 11.3. The zero-order valence-electron chi connectivity index (χ0n) is 33.7. The molecular formula is C59H37N3. The largest absolute Gasteiger partial charge is 0.208 e. The summed E-state index contributed by atoms with van der Waals surface area (Å²) in [7, 11) is 0. The Hall–Kier alpha value is -8.01. The van der Waals surface area contributed by atoms with Crippen LogP contribution < -0.4 is 0 Å². The van der Waals surface area contributed by atoms with Crippen molar-refractivity contribution in [3.05, 3.63) is 269 Å². The molecule has 3 nitrogen and oxygen atoms in total. The number of aromatic nitrogens is 3. The van der Waals surface area contributed by atoms with Crippen molar-refractivity contribution < 1.29 is 0 Å². The van der Waals surface area contributed by atoms with E-state index in [0.717, 1.165) is 33.4 Å². The molecule has 0 saturated heterocycles. The number of hydrogen-bond donors (Lipinski definition) is 0. The summed E-state index contributed by atoms with van der Waals surface area (Å²) in [5.74, 6) is 1.93. The molecule has 3 heteroatoms. The van der Waals surface area contributed by atoms with Crippen LogP contribution in [0.4, 0.5) is 0 Å². The molecule has 0 N–H and O–H groups in total. The molecule has 2 spiro atoms. The lowest BCUT2D eigenvalue weighted by atomic mass is 9.52. The van der Waals surface area contributed by atoms with Gasteiger partial charge in [0.15, 0.2) is 17.5 Å². The Bertz CT molecular complexity index is 3330. The van der Waals surface area contributed by atoms with E-state index in [-0.39, 0.29) is 0 Å². The van der Waals surface area contributed by atoms with Crippen molar-refractivity contribution in [1.82, 2.24) is 15.0 Å². The van der Waals surface area contributed by atoms with Gasteiger partial charge in [0.25, 0.3) is 0 Å². The second-order valence-electron chi connectivity index (χ2n) is 16.6. The zero-order chi connectivity index (χ0) is 40.8. The molecule has 0 aliphatic heterocycles. The van der Waals surface area contributed by atoms with Crippen LogP contribution >= 0.6 is 0 Å². The molecule has 1 aromatic heterocycles. The van der Waals surface area contributed by atoms with Crippen LogP contribution in [-0.2, 0) is 10.8 Å². The highest BCUT2D eigenvalue weighted by atomic mass is 15.0. The van der Waals surface area contributed by atoms with E-state index >= 15 is 0 Å². The first-order chi connectivity index (χ1) is 30.8. The number of fused-ring (bicyclic) bond motifs is 16. The van der Waals surface area contributed by atoms with Crippen LogP contribution in [0.15, 0.2) is 224 Å². The van der Waals surface area contributed by atoms with Gasteiger partial charge in [-0.25, -0.2) is 15.0 Å². The van der Waals surface area contributed by atoms with Crippen LogP contribution in [-0.4, -0.2) is 15.0 Å². The highest BCUT2D eigenvalue weighted by molar-refractivity contribution is 5.97. The predicted molar refractivity (Wildman–Crippen MR) is 250 cm³/mol. The summed E-state index contributed by atoms with van der Waals surface area (Å²) >= 11 is 0. The van der Waals surface area contributed by atoms with Crippen molar-refractivity contribution in [2.45, 2.75) is 10.8 Å². The normalized spacial score (nSPS) is 14.1. The Morgan fingerprint density at radius 2 is 0.581 bits per heavy atom. The maximum atomic E-state index is 5.39. The molecule has 0 atom stereocenters. The van der Waals surface area contributed by atoms with Gasteiger partial charge in [-0.3, -0.25) is 0 Å². The van der Waals surface area contributed by atoms with Crippen LogP contribution in [0, 0.1) is 0 Å².